The molecule has 2 saturated heterocycles. The molecule has 0 aromatic heterocycles. The molecule has 6 heteroatoms. The van der Waals surface area contributed by atoms with Crippen molar-refractivity contribution < 1.29 is 28.8 Å². The zero-order valence-electron chi connectivity index (χ0n) is 13.0. The highest BCUT2D eigenvalue weighted by atomic mass is 16.8. The fraction of sp³-hybridized carbons (Fsp3) is 0.688. The summed E-state index contributed by atoms with van der Waals surface area (Å²) < 4.78 is 22.3. The highest BCUT2D eigenvalue weighted by molar-refractivity contribution is 5.82. The number of fused-ring (bicyclic) bond motifs is 1. The van der Waals surface area contributed by atoms with Gasteiger partial charge >= 0.3 is 5.97 Å². The summed E-state index contributed by atoms with van der Waals surface area (Å²) in [5.41, 5.74) is -1.19. The molecular weight excluding hydrogens is 288 g/mol. The molecular formula is C16H22O6. The van der Waals surface area contributed by atoms with Crippen LogP contribution in [-0.2, 0) is 23.7 Å². The summed E-state index contributed by atoms with van der Waals surface area (Å²) in [6.45, 7) is 5.35. The fourth-order valence-electron chi connectivity index (χ4n) is 2.95. The maximum Gasteiger partial charge on any atom is 0.331 e. The molecule has 0 aromatic carbocycles. The van der Waals surface area contributed by atoms with E-state index < -0.39 is 23.8 Å². The number of hydrogen-bond acceptors (Lipinski definition) is 6. The van der Waals surface area contributed by atoms with Crippen molar-refractivity contribution in [2.75, 3.05) is 0 Å². The lowest BCUT2D eigenvalue weighted by molar-refractivity contribution is -0.219. The van der Waals surface area contributed by atoms with Crippen LogP contribution in [-0.4, -0.2) is 47.1 Å². The number of aliphatic hydroxyl groups is 1. The standard InChI is InChI=1S/C16H22O6/c1-15(2)21-11-9-12(20-14(11)22-15)16(3,18)8-7-10-5-4-6-13(17)19-10/h4,6-8,10-12,14,18H,5,9H2,1-3H3/b8-7+/t10-,11-,12-,14-,16-/m1/s1. The third kappa shape index (κ3) is 3.25. The Morgan fingerprint density at radius 2 is 2.18 bits per heavy atom. The van der Waals surface area contributed by atoms with E-state index in [2.05, 4.69) is 0 Å². The van der Waals surface area contributed by atoms with Crippen molar-refractivity contribution in [3.63, 3.8) is 0 Å². The molecule has 0 radical (unpaired) electrons. The Morgan fingerprint density at radius 1 is 1.41 bits per heavy atom. The molecule has 1 N–H and O–H groups in total. The smallest absolute Gasteiger partial charge is 0.331 e. The van der Waals surface area contributed by atoms with E-state index in [0.717, 1.165) is 0 Å². The van der Waals surface area contributed by atoms with Gasteiger partial charge in [0, 0.05) is 18.9 Å². The van der Waals surface area contributed by atoms with Gasteiger partial charge in [-0.2, -0.15) is 0 Å². The summed E-state index contributed by atoms with van der Waals surface area (Å²) in [5.74, 6) is -1.01. The Kier molecular flexibility index (Phi) is 3.89. The van der Waals surface area contributed by atoms with Gasteiger partial charge in [0.25, 0.3) is 0 Å². The quantitative estimate of drug-likeness (QED) is 0.628. The van der Waals surface area contributed by atoms with E-state index in [1.165, 1.54) is 6.08 Å². The number of cyclic esters (lactones) is 1. The zero-order chi connectivity index (χ0) is 16.0. The molecule has 22 heavy (non-hydrogen) atoms. The summed E-state index contributed by atoms with van der Waals surface area (Å²) in [4.78, 5) is 11.2. The van der Waals surface area contributed by atoms with Crippen LogP contribution in [0.4, 0.5) is 0 Å². The zero-order valence-corrected chi connectivity index (χ0v) is 13.0. The van der Waals surface area contributed by atoms with E-state index in [-0.39, 0.29) is 18.2 Å². The van der Waals surface area contributed by atoms with Gasteiger partial charge in [-0.05, 0) is 26.8 Å². The first-order valence-electron chi connectivity index (χ1n) is 7.55. The molecule has 0 aliphatic carbocycles. The molecule has 2 fully saturated rings. The molecule has 6 nitrogen and oxygen atoms in total. The lowest BCUT2D eigenvalue weighted by Crippen LogP contribution is -2.39. The van der Waals surface area contributed by atoms with Crippen molar-refractivity contribution in [3.8, 4) is 0 Å². The molecule has 3 aliphatic heterocycles. The Balaban J connectivity index is 1.60. The van der Waals surface area contributed by atoms with Crippen molar-refractivity contribution in [3.05, 3.63) is 24.3 Å². The van der Waals surface area contributed by atoms with Gasteiger partial charge in [-0.15, -0.1) is 0 Å². The minimum absolute atomic E-state index is 0.171. The first kappa shape index (κ1) is 15.7. The fourth-order valence-corrected chi connectivity index (χ4v) is 2.95. The van der Waals surface area contributed by atoms with Gasteiger partial charge in [0.2, 0.25) is 0 Å². The number of esters is 1. The second kappa shape index (κ2) is 5.45. The average molecular weight is 310 g/mol. The Bertz CT molecular complexity index is 491. The molecule has 0 aromatic rings. The molecule has 0 saturated carbocycles. The SMILES string of the molecule is CC1(C)O[C@H]2O[C@@H]([C@](C)(O)/C=C/[C@H]3CC=CC(=O)O3)C[C@H]2O1. The molecule has 3 heterocycles. The number of hydrogen-bond donors (Lipinski definition) is 1. The lowest BCUT2D eigenvalue weighted by atomic mass is 9.94. The Morgan fingerprint density at radius 3 is 2.86 bits per heavy atom. The van der Waals surface area contributed by atoms with Crippen LogP contribution < -0.4 is 0 Å². The van der Waals surface area contributed by atoms with Crippen molar-refractivity contribution in [1.29, 1.82) is 0 Å². The number of carbonyl (C=O) groups excluding carboxylic acids is 1. The van der Waals surface area contributed by atoms with Crippen molar-refractivity contribution in [2.24, 2.45) is 0 Å². The molecule has 0 spiro atoms. The number of carbonyl (C=O) groups is 1. The van der Waals surface area contributed by atoms with Gasteiger partial charge in [-0.1, -0.05) is 12.2 Å². The minimum atomic E-state index is -1.19. The van der Waals surface area contributed by atoms with Gasteiger partial charge in [-0.25, -0.2) is 4.79 Å². The van der Waals surface area contributed by atoms with Crippen LogP contribution in [0.1, 0.15) is 33.6 Å². The third-order valence-electron chi connectivity index (χ3n) is 4.07. The van der Waals surface area contributed by atoms with Gasteiger partial charge in [0.15, 0.2) is 12.1 Å². The van der Waals surface area contributed by atoms with Crippen LogP contribution in [0.3, 0.4) is 0 Å². The van der Waals surface area contributed by atoms with Crippen LogP contribution >= 0.6 is 0 Å². The molecule has 5 atom stereocenters. The van der Waals surface area contributed by atoms with E-state index in [4.69, 9.17) is 18.9 Å². The van der Waals surface area contributed by atoms with Gasteiger partial charge in [0.05, 0.1) is 6.10 Å². The van der Waals surface area contributed by atoms with E-state index in [1.807, 2.05) is 13.8 Å². The van der Waals surface area contributed by atoms with E-state index >= 15 is 0 Å². The Labute approximate surface area is 129 Å². The van der Waals surface area contributed by atoms with Crippen molar-refractivity contribution in [2.45, 2.75) is 69.6 Å². The topological polar surface area (TPSA) is 74.2 Å². The lowest BCUT2D eigenvalue weighted by Gasteiger charge is -2.29. The predicted octanol–water partition coefficient (Wildman–Crippen LogP) is 1.43. The summed E-state index contributed by atoms with van der Waals surface area (Å²) in [6, 6.07) is 0. The van der Waals surface area contributed by atoms with Crippen molar-refractivity contribution >= 4 is 5.97 Å². The van der Waals surface area contributed by atoms with E-state index in [0.29, 0.717) is 12.8 Å². The molecule has 3 aliphatic rings. The molecule has 0 unspecified atom stereocenters. The average Bonchev–Trinajstić information content (AvgIpc) is 2.90. The highest BCUT2D eigenvalue weighted by Crippen LogP contribution is 2.40. The summed E-state index contributed by atoms with van der Waals surface area (Å²) in [5, 5.41) is 10.6. The van der Waals surface area contributed by atoms with Gasteiger partial charge in [-0.3, -0.25) is 0 Å². The van der Waals surface area contributed by atoms with Crippen molar-refractivity contribution in [1.82, 2.24) is 0 Å². The maximum absolute atomic E-state index is 11.2. The highest BCUT2D eigenvalue weighted by Gasteiger charge is 2.52. The first-order chi connectivity index (χ1) is 10.3. The second-order valence-corrected chi connectivity index (χ2v) is 6.60. The molecule has 0 bridgehead atoms. The maximum atomic E-state index is 11.2. The third-order valence-corrected chi connectivity index (χ3v) is 4.07. The summed E-state index contributed by atoms with van der Waals surface area (Å²) in [7, 11) is 0. The van der Waals surface area contributed by atoms with E-state index in [1.54, 1.807) is 25.2 Å². The summed E-state index contributed by atoms with van der Waals surface area (Å²) in [6.07, 6.45) is 6.25. The van der Waals surface area contributed by atoms with Crippen LogP contribution in [0.25, 0.3) is 0 Å². The van der Waals surface area contributed by atoms with Crippen LogP contribution in [0, 0.1) is 0 Å². The number of rotatable bonds is 3. The van der Waals surface area contributed by atoms with Gasteiger partial charge < -0.3 is 24.1 Å². The van der Waals surface area contributed by atoms with Crippen LogP contribution in [0.2, 0.25) is 0 Å². The monoisotopic (exact) mass is 310 g/mol. The van der Waals surface area contributed by atoms with Gasteiger partial charge in [0.1, 0.15) is 17.8 Å². The predicted molar refractivity (Wildman–Crippen MR) is 76.7 cm³/mol. The molecule has 122 valence electrons. The first-order valence-corrected chi connectivity index (χ1v) is 7.55. The Hall–Kier alpha value is -1.21. The number of ether oxygens (including phenoxy) is 4. The largest absolute Gasteiger partial charge is 0.455 e. The minimum Gasteiger partial charge on any atom is -0.455 e. The van der Waals surface area contributed by atoms with Crippen LogP contribution in [0.5, 0.6) is 0 Å². The van der Waals surface area contributed by atoms with E-state index in [9.17, 15) is 9.90 Å². The molecule has 0 amide bonds. The molecule has 3 rings (SSSR count). The second-order valence-electron chi connectivity index (χ2n) is 6.60. The van der Waals surface area contributed by atoms with Crippen LogP contribution in [0.15, 0.2) is 24.3 Å². The normalized spacial score (nSPS) is 39.7. The summed E-state index contributed by atoms with van der Waals surface area (Å²) >= 11 is 0.